The Balaban J connectivity index is 1.60. The Labute approximate surface area is 194 Å². The van der Waals surface area contributed by atoms with Crippen LogP contribution in [0.1, 0.15) is 0 Å². The predicted octanol–water partition coefficient (Wildman–Crippen LogP) is 5.92. The second-order valence-electron chi connectivity index (χ2n) is 6.96. The molecule has 4 aromatic carbocycles. The van der Waals surface area contributed by atoms with Crippen LogP contribution in [0.3, 0.4) is 0 Å². The molecule has 0 spiro atoms. The Bertz CT molecular complexity index is 1350. The van der Waals surface area contributed by atoms with Crippen LogP contribution in [-0.2, 0) is 19.7 Å². The summed E-state index contributed by atoms with van der Waals surface area (Å²) in [6.45, 7) is 0. The number of benzene rings is 4. The smallest absolute Gasteiger partial charge is 0.206 e. The number of sulfone groups is 2. The van der Waals surface area contributed by atoms with E-state index in [0.29, 0.717) is 0 Å². The molecule has 0 aliphatic rings. The fraction of sp³-hybridized carbons (Fsp3) is 0. The topological polar surface area (TPSA) is 68.3 Å². The SMILES string of the molecule is O=S(=O)(c1ccc(F)cc1)c1ccc(-c2ccc(S(=O)(=O)c3ccc(Br)cc3)cc2)cc1. The van der Waals surface area contributed by atoms with Crippen LogP contribution in [0.5, 0.6) is 0 Å². The molecule has 4 rings (SSSR count). The average Bonchev–Trinajstić information content (AvgIpc) is 2.80. The first-order chi connectivity index (χ1) is 15.2. The van der Waals surface area contributed by atoms with Gasteiger partial charge in [-0.3, -0.25) is 0 Å². The molecular formula is C24H16BrFO4S2. The van der Waals surface area contributed by atoms with E-state index in [1.807, 2.05) is 0 Å². The molecule has 0 N–H and O–H groups in total. The van der Waals surface area contributed by atoms with Gasteiger partial charge in [0.15, 0.2) is 0 Å². The Morgan fingerprint density at radius 2 is 0.750 bits per heavy atom. The highest BCUT2D eigenvalue weighted by Gasteiger charge is 2.19. The predicted molar refractivity (Wildman–Crippen MR) is 123 cm³/mol. The summed E-state index contributed by atoms with van der Waals surface area (Å²) in [5.41, 5.74) is 1.47. The highest BCUT2D eigenvalue weighted by atomic mass is 79.9. The second-order valence-corrected chi connectivity index (χ2v) is 11.8. The van der Waals surface area contributed by atoms with Crippen molar-refractivity contribution in [1.82, 2.24) is 0 Å². The molecule has 32 heavy (non-hydrogen) atoms. The molecule has 8 heteroatoms. The van der Waals surface area contributed by atoms with Crippen molar-refractivity contribution in [2.24, 2.45) is 0 Å². The molecule has 0 unspecified atom stereocenters. The fourth-order valence-electron chi connectivity index (χ4n) is 3.15. The third-order valence-electron chi connectivity index (χ3n) is 4.91. The molecule has 0 saturated carbocycles. The van der Waals surface area contributed by atoms with E-state index in [1.54, 1.807) is 36.4 Å². The molecule has 0 fully saturated rings. The lowest BCUT2D eigenvalue weighted by Gasteiger charge is -2.08. The highest BCUT2D eigenvalue weighted by Crippen LogP contribution is 2.28. The molecular weight excluding hydrogens is 515 g/mol. The molecule has 0 aliphatic carbocycles. The van der Waals surface area contributed by atoms with Crippen LogP contribution in [-0.4, -0.2) is 16.8 Å². The average molecular weight is 531 g/mol. The molecule has 0 saturated heterocycles. The van der Waals surface area contributed by atoms with Crippen LogP contribution in [0.25, 0.3) is 11.1 Å². The first-order valence-corrected chi connectivity index (χ1v) is 13.2. The first-order valence-electron chi connectivity index (χ1n) is 9.40. The molecule has 0 aromatic heterocycles. The Hall–Kier alpha value is -2.81. The number of halogens is 2. The van der Waals surface area contributed by atoms with Gasteiger partial charge in [0, 0.05) is 4.47 Å². The van der Waals surface area contributed by atoms with Crippen molar-refractivity contribution in [3.05, 3.63) is 107 Å². The highest BCUT2D eigenvalue weighted by molar-refractivity contribution is 9.10. The van der Waals surface area contributed by atoms with E-state index >= 15 is 0 Å². The standard InChI is InChI=1S/C24H16BrFO4S2/c25-19-5-13-23(14-6-19)31(27,28)21-9-1-17(2-10-21)18-3-11-22(12-4-18)32(29,30)24-15-7-20(26)8-16-24/h1-16H. The Kier molecular flexibility index (Phi) is 6.03. The summed E-state index contributed by atoms with van der Waals surface area (Å²) in [7, 11) is -7.41. The van der Waals surface area contributed by atoms with Crippen molar-refractivity contribution in [3.8, 4) is 11.1 Å². The summed E-state index contributed by atoms with van der Waals surface area (Å²) in [5.74, 6) is -0.509. The molecule has 162 valence electrons. The minimum absolute atomic E-state index is 0.00847. The maximum absolute atomic E-state index is 13.1. The van der Waals surface area contributed by atoms with Crippen molar-refractivity contribution < 1.29 is 21.2 Å². The molecule has 0 aliphatic heterocycles. The van der Waals surface area contributed by atoms with Gasteiger partial charge in [0.25, 0.3) is 0 Å². The van der Waals surface area contributed by atoms with Crippen LogP contribution in [0.2, 0.25) is 0 Å². The van der Waals surface area contributed by atoms with Gasteiger partial charge in [0.05, 0.1) is 19.6 Å². The van der Waals surface area contributed by atoms with Crippen molar-refractivity contribution in [1.29, 1.82) is 0 Å². The van der Waals surface area contributed by atoms with E-state index in [4.69, 9.17) is 0 Å². The lowest BCUT2D eigenvalue weighted by molar-refractivity contribution is 0.593. The third kappa shape index (κ3) is 4.39. The Morgan fingerprint density at radius 3 is 1.09 bits per heavy atom. The monoisotopic (exact) mass is 530 g/mol. The first kappa shape index (κ1) is 22.4. The summed E-state index contributed by atoms with van der Waals surface area (Å²) >= 11 is 3.29. The quantitative estimate of drug-likeness (QED) is 0.300. The molecule has 4 aromatic rings. The summed E-state index contributed by atoms with van der Waals surface area (Å²) in [4.78, 5) is 0.458. The van der Waals surface area contributed by atoms with Gasteiger partial charge in [-0.2, -0.15) is 0 Å². The summed E-state index contributed by atoms with van der Waals surface area (Å²) in [5, 5.41) is 0. The molecule has 0 atom stereocenters. The summed E-state index contributed by atoms with van der Waals surface area (Å²) in [6.07, 6.45) is 0. The molecule has 0 heterocycles. The largest absolute Gasteiger partial charge is 0.219 e. The van der Waals surface area contributed by atoms with Gasteiger partial charge in [0.2, 0.25) is 19.7 Å². The summed E-state index contributed by atoms with van der Waals surface area (Å²) in [6, 6.07) is 23.7. The van der Waals surface area contributed by atoms with Gasteiger partial charge in [-0.1, -0.05) is 40.2 Å². The van der Waals surface area contributed by atoms with Crippen LogP contribution in [0.15, 0.2) is 121 Å². The van der Waals surface area contributed by atoms with Gasteiger partial charge < -0.3 is 0 Å². The van der Waals surface area contributed by atoms with Crippen LogP contribution in [0, 0.1) is 5.82 Å². The minimum Gasteiger partial charge on any atom is -0.219 e. The fourth-order valence-corrected chi connectivity index (χ4v) is 5.94. The molecule has 0 amide bonds. The zero-order valence-corrected chi connectivity index (χ0v) is 19.7. The van der Waals surface area contributed by atoms with Crippen LogP contribution in [0.4, 0.5) is 4.39 Å². The van der Waals surface area contributed by atoms with E-state index < -0.39 is 25.5 Å². The normalized spacial score (nSPS) is 11.9. The lowest BCUT2D eigenvalue weighted by atomic mass is 10.1. The van der Waals surface area contributed by atoms with Crippen molar-refractivity contribution in [3.63, 3.8) is 0 Å². The number of hydrogen-bond acceptors (Lipinski definition) is 4. The van der Waals surface area contributed by atoms with Crippen LogP contribution < -0.4 is 0 Å². The zero-order valence-electron chi connectivity index (χ0n) is 16.4. The second kappa shape index (κ2) is 8.61. The lowest BCUT2D eigenvalue weighted by Crippen LogP contribution is -2.02. The maximum atomic E-state index is 13.1. The van der Waals surface area contributed by atoms with E-state index in [9.17, 15) is 21.2 Å². The van der Waals surface area contributed by atoms with E-state index in [0.717, 1.165) is 27.7 Å². The van der Waals surface area contributed by atoms with Gasteiger partial charge in [-0.25, -0.2) is 21.2 Å². The van der Waals surface area contributed by atoms with E-state index in [-0.39, 0.29) is 19.6 Å². The molecule has 0 bridgehead atoms. The van der Waals surface area contributed by atoms with Crippen molar-refractivity contribution in [2.75, 3.05) is 0 Å². The van der Waals surface area contributed by atoms with Gasteiger partial charge >= 0.3 is 0 Å². The number of rotatable bonds is 5. The summed E-state index contributed by atoms with van der Waals surface area (Å²) < 4.78 is 64.9. The van der Waals surface area contributed by atoms with E-state index in [1.165, 1.54) is 48.5 Å². The molecule has 4 nitrogen and oxygen atoms in total. The third-order valence-corrected chi connectivity index (χ3v) is 9.01. The van der Waals surface area contributed by atoms with Gasteiger partial charge in [-0.15, -0.1) is 0 Å². The van der Waals surface area contributed by atoms with Crippen molar-refractivity contribution >= 4 is 35.6 Å². The Morgan fingerprint density at radius 1 is 0.469 bits per heavy atom. The minimum atomic E-state index is -3.76. The van der Waals surface area contributed by atoms with Crippen LogP contribution >= 0.6 is 15.9 Å². The van der Waals surface area contributed by atoms with Gasteiger partial charge in [0.1, 0.15) is 5.82 Å². The molecule has 0 radical (unpaired) electrons. The number of hydrogen-bond donors (Lipinski definition) is 0. The maximum Gasteiger partial charge on any atom is 0.206 e. The van der Waals surface area contributed by atoms with Crippen molar-refractivity contribution in [2.45, 2.75) is 19.6 Å². The zero-order chi connectivity index (χ0) is 22.9. The van der Waals surface area contributed by atoms with Gasteiger partial charge in [-0.05, 0) is 83.9 Å². The van der Waals surface area contributed by atoms with E-state index in [2.05, 4.69) is 15.9 Å².